The van der Waals surface area contributed by atoms with Crippen LogP contribution in [-0.2, 0) is 4.79 Å². The molecular weight excluding hydrogens is 220 g/mol. The van der Waals surface area contributed by atoms with Gasteiger partial charge in [-0.05, 0) is 32.6 Å². The van der Waals surface area contributed by atoms with Crippen molar-refractivity contribution in [3.63, 3.8) is 0 Å². The second kappa shape index (κ2) is 4.55. The van der Waals surface area contributed by atoms with Crippen LogP contribution in [0.2, 0.25) is 0 Å². The zero-order chi connectivity index (χ0) is 12.5. The fourth-order valence-electron chi connectivity index (χ4n) is 2.43. The number of carbonyl (C=O) groups excluding carboxylic acids is 1. The van der Waals surface area contributed by atoms with Gasteiger partial charge in [-0.15, -0.1) is 0 Å². The lowest BCUT2D eigenvalue weighted by Gasteiger charge is -2.38. The van der Waals surface area contributed by atoms with Gasteiger partial charge in [0.2, 0.25) is 0 Å². The van der Waals surface area contributed by atoms with Crippen LogP contribution in [0.25, 0.3) is 0 Å². The number of rotatable bonds is 3. The molecule has 0 aromatic heterocycles. The maximum Gasteiger partial charge on any atom is 0.315 e. The lowest BCUT2D eigenvalue weighted by Crippen LogP contribution is -2.54. The molecule has 2 saturated carbocycles. The number of amides is 2. The van der Waals surface area contributed by atoms with E-state index in [-0.39, 0.29) is 12.1 Å². The third kappa shape index (κ3) is 2.70. The molecule has 0 bridgehead atoms. The number of carboxylic acid groups (broad SMARTS) is 1. The summed E-state index contributed by atoms with van der Waals surface area (Å²) in [6.45, 7) is 1.73. The van der Waals surface area contributed by atoms with E-state index in [0.29, 0.717) is 12.5 Å². The van der Waals surface area contributed by atoms with Crippen molar-refractivity contribution < 1.29 is 14.7 Å². The zero-order valence-corrected chi connectivity index (χ0v) is 10.2. The minimum atomic E-state index is -0.820. The summed E-state index contributed by atoms with van der Waals surface area (Å²) in [5, 5.41) is 15.0. The molecule has 0 spiro atoms. The van der Waals surface area contributed by atoms with E-state index >= 15 is 0 Å². The van der Waals surface area contributed by atoms with Crippen LogP contribution in [0.15, 0.2) is 0 Å². The quantitative estimate of drug-likeness (QED) is 0.699. The van der Waals surface area contributed by atoms with Crippen molar-refractivity contribution in [2.75, 3.05) is 0 Å². The van der Waals surface area contributed by atoms with Crippen molar-refractivity contribution in [3.05, 3.63) is 0 Å². The first-order chi connectivity index (χ1) is 8.02. The second-order valence-electron chi connectivity index (χ2n) is 5.41. The molecule has 17 heavy (non-hydrogen) atoms. The van der Waals surface area contributed by atoms with Gasteiger partial charge in [-0.25, -0.2) is 4.79 Å². The summed E-state index contributed by atoms with van der Waals surface area (Å²) in [6.07, 6.45) is 5.36. The maximum atomic E-state index is 11.7. The molecule has 2 atom stereocenters. The highest BCUT2D eigenvalue weighted by Crippen LogP contribution is 2.36. The topological polar surface area (TPSA) is 78.4 Å². The average molecular weight is 240 g/mol. The van der Waals surface area contributed by atoms with Crippen LogP contribution in [-0.4, -0.2) is 29.2 Å². The Morgan fingerprint density at radius 2 is 1.88 bits per heavy atom. The highest BCUT2D eigenvalue weighted by molar-refractivity contribution is 5.79. The zero-order valence-electron chi connectivity index (χ0n) is 10.2. The van der Waals surface area contributed by atoms with Crippen LogP contribution in [0.5, 0.6) is 0 Å². The number of carbonyl (C=O) groups is 2. The first kappa shape index (κ1) is 12.2. The molecule has 0 heterocycles. The molecule has 0 aromatic carbocycles. The lowest BCUT2D eigenvalue weighted by atomic mass is 9.72. The molecule has 0 aromatic rings. The van der Waals surface area contributed by atoms with E-state index < -0.39 is 11.4 Å². The highest BCUT2D eigenvalue weighted by atomic mass is 16.4. The minimum Gasteiger partial charge on any atom is -0.481 e. The molecule has 3 N–H and O–H groups in total. The predicted octanol–water partition coefficient (Wildman–Crippen LogP) is 1.48. The molecule has 2 rings (SSSR count). The van der Waals surface area contributed by atoms with Crippen LogP contribution in [0.4, 0.5) is 4.79 Å². The summed E-state index contributed by atoms with van der Waals surface area (Å²) < 4.78 is 0. The Morgan fingerprint density at radius 1 is 1.18 bits per heavy atom. The van der Waals surface area contributed by atoms with Crippen LogP contribution < -0.4 is 10.6 Å². The van der Waals surface area contributed by atoms with Crippen molar-refractivity contribution in [3.8, 4) is 0 Å². The smallest absolute Gasteiger partial charge is 0.315 e. The van der Waals surface area contributed by atoms with Gasteiger partial charge in [0.25, 0.3) is 0 Å². The van der Waals surface area contributed by atoms with E-state index in [0.717, 1.165) is 32.1 Å². The number of nitrogens with one attached hydrogen (secondary N) is 2. The molecule has 0 radical (unpaired) electrons. The largest absolute Gasteiger partial charge is 0.481 e. The van der Waals surface area contributed by atoms with Crippen molar-refractivity contribution in [2.24, 2.45) is 5.41 Å². The molecule has 2 amide bonds. The summed E-state index contributed by atoms with van der Waals surface area (Å²) in [5.74, 6) is -0.811. The Morgan fingerprint density at radius 3 is 2.47 bits per heavy atom. The predicted molar refractivity (Wildman–Crippen MR) is 62.7 cm³/mol. The fourth-order valence-corrected chi connectivity index (χ4v) is 2.43. The number of urea groups is 1. The number of aliphatic carboxylic acids is 1. The van der Waals surface area contributed by atoms with Gasteiger partial charge in [0.05, 0.1) is 5.41 Å². The van der Waals surface area contributed by atoms with Gasteiger partial charge in [-0.2, -0.15) is 0 Å². The number of carboxylic acids is 1. The number of hydrogen-bond acceptors (Lipinski definition) is 2. The van der Waals surface area contributed by atoms with E-state index in [1.807, 2.05) is 0 Å². The number of hydrogen-bond donors (Lipinski definition) is 3. The molecule has 2 fully saturated rings. The second-order valence-corrected chi connectivity index (χ2v) is 5.41. The first-order valence-electron chi connectivity index (χ1n) is 6.33. The van der Waals surface area contributed by atoms with Crippen molar-refractivity contribution in [1.82, 2.24) is 10.6 Å². The van der Waals surface area contributed by atoms with Crippen molar-refractivity contribution >= 4 is 12.0 Å². The molecule has 5 nitrogen and oxygen atoms in total. The van der Waals surface area contributed by atoms with Gasteiger partial charge < -0.3 is 15.7 Å². The Hall–Kier alpha value is -1.26. The van der Waals surface area contributed by atoms with Gasteiger partial charge in [-0.1, -0.05) is 12.8 Å². The van der Waals surface area contributed by atoms with Crippen LogP contribution in [0, 0.1) is 5.41 Å². The van der Waals surface area contributed by atoms with Gasteiger partial charge >= 0.3 is 12.0 Å². The average Bonchev–Trinajstić information content (AvgIpc) is 3.05. The standard InChI is InChI=1S/C12H20N2O3/c1-12(10(15)16)7-3-2-4-9(12)14-11(17)13-8-5-6-8/h8-9H,2-7H2,1H3,(H,15,16)(H2,13,14,17). The Bertz CT molecular complexity index is 328. The van der Waals surface area contributed by atoms with Gasteiger partial charge in [0.1, 0.15) is 0 Å². The van der Waals surface area contributed by atoms with E-state index in [4.69, 9.17) is 0 Å². The van der Waals surface area contributed by atoms with Gasteiger partial charge in [0.15, 0.2) is 0 Å². The van der Waals surface area contributed by atoms with Gasteiger partial charge in [0, 0.05) is 12.1 Å². The Balaban J connectivity index is 1.95. The Kier molecular flexibility index (Phi) is 3.26. The van der Waals surface area contributed by atoms with Crippen LogP contribution in [0.1, 0.15) is 45.4 Å². The molecule has 0 saturated heterocycles. The monoisotopic (exact) mass is 240 g/mol. The maximum absolute atomic E-state index is 11.7. The van der Waals surface area contributed by atoms with E-state index in [9.17, 15) is 14.7 Å². The summed E-state index contributed by atoms with van der Waals surface area (Å²) >= 11 is 0. The molecule has 2 unspecified atom stereocenters. The lowest BCUT2D eigenvalue weighted by molar-refractivity contribution is -0.151. The molecule has 96 valence electrons. The molecule has 2 aliphatic carbocycles. The van der Waals surface area contributed by atoms with E-state index in [1.54, 1.807) is 6.92 Å². The molecule has 2 aliphatic rings. The fraction of sp³-hybridized carbons (Fsp3) is 0.833. The summed E-state index contributed by atoms with van der Waals surface area (Å²) in [5.41, 5.74) is -0.820. The third-order valence-corrected chi connectivity index (χ3v) is 3.91. The molecule has 5 heteroatoms. The third-order valence-electron chi connectivity index (χ3n) is 3.91. The summed E-state index contributed by atoms with van der Waals surface area (Å²) in [4.78, 5) is 23.0. The summed E-state index contributed by atoms with van der Waals surface area (Å²) in [6, 6.07) is -0.172. The normalized spacial score (nSPS) is 32.9. The van der Waals surface area contributed by atoms with E-state index in [2.05, 4.69) is 10.6 Å². The SMILES string of the molecule is CC1(C(=O)O)CCCCC1NC(=O)NC1CC1. The first-order valence-corrected chi connectivity index (χ1v) is 6.33. The van der Waals surface area contributed by atoms with Crippen LogP contribution >= 0.6 is 0 Å². The molecular formula is C12H20N2O3. The molecule has 0 aliphatic heterocycles. The van der Waals surface area contributed by atoms with Gasteiger partial charge in [-0.3, -0.25) is 4.79 Å². The van der Waals surface area contributed by atoms with Crippen LogP contribution in [0.3, 0.4) is 0 Å². The van der Waals surface area contributed by atoms with Crippen molar-refractivity contribution in [1.29, 1.82) is 0 Å². The minimum absolute atomic E-state index is 0.216. The van der Waals surface area contributed by atoms with E-state index in [1.165, 1.54) is 0 Å². The Labute approximate surface area is 101 Å². The highest BCUT2D eigenvalue weighted by Gasteiger charge is 2.44. The van der Waals surface area contributed by atoms with Crippen molar-refractivity contribution in [2.45, 2.75) is 57.5 Å². The summed E-state index contributed by atoms with van der Waals surface area (Å²) in [7, 11) is 0.